The van der Waals surface area contributed by atoms with Crippen molar-refractivity contribution in [2.75, 3.05) is 17.0 Å². The molecule has 0 aliphatic carbocycles. The van der Waals surface area contributed by atoms with Gasteiger partial charge in [0.05, 0.1) is 29.6 Å². The Morgan fingerprint density at radius 3 is 2.06 bits per heavy atom. The molecule has 0 bridgehead atoms. The predicted molar refractivity (Wildman–Crippen MR) is 184 cm³/mol. The van der Waals surface area contributed by atoms with E-state index < -0.39 is 40.6 Å². The number of benzene rings is 4. The zero-order valence-corrected chi connectivity index (χ0v) is 27.9. The summed E-state index contributed by atoms with van der Waals surface area (Å²) in [6, 6.07) is 27.5. The number of alkyl halides is 2. The molecule has 0 unspecified atom stereocenters. The number of anilines is 1. The molecule has 0 aliphatic heterocycles. The normalized spacial score (nSPS) is 13.3. The molecule has 10 nitrogen and oxygen atoms in total. The van der Waals surface area contributed by atoms with Crippen molar-refractivity contribution in [1.29, 1.82) is 0 Å². The van der Waals surface area contributed by atoms with Crippen LogP contribution in [0.5, 0.6) is 5.75 Å². The molecule has 5 N–H and O–H groups in total. The molecule has 4 aromatic rings. The fourth-order valence-corrected chi connectivity index (χ4v) is 5.67. The summed E-state index contributed by atoms with van der Waals surface area (Å²) in [5, 5.41) is 20.1. The van der Waals surface area contributed by atoms with Crippen LogP contribution in [0.3, 0.4) is 0 Å². The lowest BCUT2D eigenvalue weighted by molar-refractivity contribution is -0.0498. The third-order valence-electron chi connectivity index (χ3n) is 7.64. The van der Waals surface area contributed by atoms with Crippen LogP contribution in [0.1, 0.15) is 57.3 Å². The van der Waals surface area contributed by atoms with Crippen molar-refractivity contribution in [3.8, 4) is 5.75 Å². The Kier molecular flexibility index (Phi) is 13.2. The molecule has 0 aliphatic rings. The van der Waals surface area contributed by atoms with Crippen LogP contribution in [-0.4, -0.2) is 56.4 Å². The number of amides is 2. The minimum absolute atomic E-state index is 0.00267. The van der Waals surface area contributed by atoms with Crippen LogP contribution in [0, 0.1) is 0 Å². The number of aliphatic hydroxyl groups excluding tert-OH is 1. The first kappa shape index (κ1) is 37.0. The van der Waals surface area contributed by atoms with Crippen LogP contribution >= 0.6 is 0 Å². The number of aliphatic hydroxyl groups is 1. The molecular formula is C36H40F2N4O6S. The Labute approximate surface area is 285 Å². The Morgan fingerprint density at radius 2 is 1.43 bits per heavy atom. The first-order chi connectivity index (χ1) is 23.4. The second kappa shape index (κ2) is 17.5. The van der Waals surface area contributed by atoms with Gasteiger partial charge in [-0.15, -0.1) is 0 Å². The van der Waals surface area contributed by atoms with E-state index in [1.54, 1.807) is 12.1 Å². The number of sulfonamides is 1. The summed E-state index contributed by atoms with van der Waals surface area (Å²) in [6.07, 6.45) is -0.863. The van der Waals surface area contributed by atoms with Gasteiger partial charge in [0.15, 0.2) is 0 Å². The van der Waals surface area contributed by atoms with Crippen LogP contribution in [0.2, 0.25) is 0 Å². The third-order valence-corrected chi connectivity index (χ3v) is 8.95. The standard InChI is InChI=1S/C36H40F2N4O6S/c1-3-49(46,47)42-30-20-28(34(44)40-24(2)27-14-8-5-9-15-27)19-29(21-30)35(45)41-32(18-25-11-6-4-7-12-25)33(43)23-39-22-26-13-10-16-31(17-26)48-36(37)38/h4-17,19-21,24,32-33,36,39,42-43H,3,18,22-23H2,1-2H3,(H,40,44)(H,41,45)/t24-,32+,33-/m1/s1. The molecule has 0 aromatic heterocycles. The van der Waals surface area contributed by atoms with Crippen molar-refractivity contribution < 1.29 is 36.6 Å². The largest absolute Gasteiger partial charge is 0.435 e. The Hall–Kier alpha value is -4.85. The SMILES string of the molecule is CCS(=O)(=O)Nc1cc(C(=O)N[C@@H](Cc2ccccc2)[C@H](O)CNCc2cccc(OC(F)F)c2)cc(C(=O)N[C@H](C)c2ccccc2)c1. The van der Waals surface area contributed by atoms with Gasteiger partial charge in [0, 0.05) is 24.2 Å². The number of ether oxygens (including phenoxy) is 1. The van der Waals surface area contributed by atoms with Gasteiger partial charge in [-0.25, -0.2) is 8.42 Å². The lowest BCUT2D eigenvalue weighted by atomic mass is 10.00. The van der Waals surface area contributed by atoms with E-state index in [1.807, 2.05) is 67.6 Å². The number of halogens is 2. The monoisotopic (exact) mass is 694 g/mol. The predicted octanol–water partition coefficient (Wildman–Crippen LogP) is 5.03. The lowest BCUT2D eigenvalue weighted by Crippen LogP contribution is -2.48. The summed E-state index contributed by atoms with van der Waals surface area (Å²) in [4.78, 5) is 27.1. The topological polar surface area (TPSA) is 146 Å². The van der Waals surface area contributed by atoms with Crippen molar-refractivity contribution in [1.82, 2.24) is 16.0 Å². The number of carbonyl (C=O) groups excluding carboxylic acids is 2. The van der Waals surface area contributed by atoms with E-state index in [1.165, 1.54) is 37.3 Å². The van der Waals surface area contributed by atoms with Crippen molar-refractivity contribution in [2.24, 2.45) is 0 Å². The zero-order valence-electron chi connectivity index (χ0n) is 27.1. The number of nitrogens with one attached hydrogen (secondary N) is 4. The fraction of sp³-hybridized carbons (Fsp3) is 0.278. The maximum atomic E-state index is 13.7. The van der Waals surface area contributed by atoms with Gasteiger partial charge in [-0.05, 0) is 67.3 Å². The molecule has 0 fully saturated rings. The highest BCUT2D eigenvalue weighted by Gasteiger charge is 2.24. The van der Waals surface area contributed by atoms with Crippen molar-refractivity contribution in [3.05, 3.63) is 131 Å². The van der Waals surface area contributed by atoms with Gasteiger partial charge in [0.2, 0.25) is 10.0 Å². The van der Waals surface area contributed by atoms with E-state index in [-0.39, 0.29) is 53.9 Å². The second-order valence-electron chi connectivity index (χ2n) is 11.4. The van der Waals surface area contributed by atoms with Gasteiger partial charge in [-0.2, -0.15) is 8.78 Å². The first-order valence-corrected chi connectivity index (χ1v) is 17.4. The molecule has 0 radical (unpaired) electrons. The van der Waals surface area contributed by atoms with Gasteiger partial charge in [-0.3, -0.25) is 14.3 Å². The van der Waals surface area contributed by atoms with E-state index >= 15 is 0 Å². The number of hydrogen-bond donors (Lipinski definition) is 5. The summed E-state index contributed by atoms with van der Waals surface area (Å²) < 4.78 is 57.0. The van der Waals surface area contributed by atoms with Crippen molar-refractivity contribution in [2.45, 2.75) is 51.6 Å². The minimum Gasteiger partial charge on any atom is -0.435 e. The maximum Gasteiger partial charge on any atom is 0.387 e. The number of rotatable bonds is 17. The smallest absolute Gasteiger partial charge is 0.387 e. The summed E-state index contributed by atoms with van der Waals surface area (Å²) in [5.41, 5.74) is 2.44. The van der Waals surface area contributed by atoms with Gasteiger partial charge in [-0.1, -0.05) is 72.8 Å². The maximum absolute atomic E-state index is 13.7. The molecule has 4 rings (SSSR count). The average Bonchev–Trinajstić information content (AvgIpc) is 3.08. The molecule has 2 amide bonds. The zero-order chi connectivity index (χ0) is 35.4. The fourth-order valence-electron chi connectivity index (χ4n) is 5.05. The van der Waals surface area contributed by atoms with E-state index in [4.69, 9.17) is 0 Å². The molecule has 3 atom stereocenters. The molecule has 0 heterocycles. The third kappa shape index (κ3) is 11.7. The molecule has 0 spiro atoms. The van der Waals surface area contributed by atoms with E-state index in [0.29, 0.717) is 5.56 Å². The highest BCUT2D eigenvalue weighted by atomic mass is 32.2. The summed E-state index contributed by atoms with van der Waals surface area (Å²) in [7, 11) is -3.75. The van der Waals surface area contributed by atoms with Crippen molar-refractivity contribution in [3.63, 3.8) is 0 Å². The first-order valence-electron chi connectivity index (χ1n) is 15.7. The minimum atomic E-state index is -3.75. The summed E-state index contributed by atoms with van der Waals surface area (Å²) >= 11 is 0. The van der Waals surface area contributed by atoms with E-state index in [2.05, 4.69) is 25.4 Å². The van der Waals surface area contributed by atoms with E-state index in [9.17, 15) is 31.9 Å². The van der Waals surface area contributed by atoms with Crippen LogP contribution < -0.4 is 25.4 Å². The Morgan fingerprint density at radius 1 is 0.816 bits per heavy atom. The molecule has 0 saturated carbocycles. The molecule has 4 aromatic carbocycles. The van der Waals surface area contributed by atoms with Crippen molar-refractivity contribution >= 4 is 27.5 Å². The molecule has 260 valence electrons. The number of carbonyl (C=O) groups is 2. The van der Waals surface area contributed by atoms with Gasteiger partial charge in [0.1, 0.15) is 5.75 Å². The summed E-state index contributed by atoms with van der Waals surface area (Å²) in [5.74, 6) is -1.37. The van der Waals surface area contributed by atoms with E-state index in [0.717, 1.165) is 11.1 Å². The average molecular weight is 695 g/mol. The highest BCUT2D eigenvalue weighted by molar-refractivity contribution is 7.92. The van der Waals surface area contributed by atoms with Crippen LogP contribution in [0.15, 0.2) is 103 Å². The highest BCUT2D eigenvalue weighted by Crippen LogP contribution is 2.20. The molecular weight excluding hydrogens is 654 g/mol. The van der Waals surface area contributed by atoms with Crippen LogP contribution in [0.25, 0.3) is 0 Å². The number of hydrogen-bond acceptors (Lipinski definition) is 7. The Balaban J connectivity index is 1.54. The lowest BCUT2D eigenvalue weighted by Gasteiger charge is -2.25. The van der Waals surface area contributed by atoms with Crippen LogP contribution in [-0.2, 0) is 23.0 Å². The molecule has 49 heavy (non-hydrogen) atoms. The van der Waals surface area contributed by atoms with Gasteiger partial charge < -0.3 is 25.8 Å². The van der Waals surface area contributed by atoms with Gasteiger partial charge in [0.25, 0.3) is 11.8 Å². The van der Waals surface area contributed by atoms with Crippen LogP contribution in [0.4, 0.5) is 14.5 Å². The van der Waals surface area contributed by atoms with Gasteiger partial charge >= 0.3 is 6.61 Å². The molecule has 0 saturated heterocycles. The summed E-state index contributed by atoms with van der Waals surface area (Å²) in [6.45, 7) is 0.568. The quantitative estimate of drug-likeness (QED) is 0.104. The Bertz CT molecular complexity index is 1800. The second-order valence-corrected chi connectivity index (χ2v) is 13.4. The molecule has 13 heteroatoms.